The van der Waals surface area contributed by atoms with Crippen LogP contribution < -0.4 is 10.5 Å². The van der Waals surface area contributed by atoms with Gasteiger partial charge in [0, 0.05) is 12.7 Å². The van der Waals surface area contributed by atoms with Gasteiger partial charge in [0.15, 0.2) is 0 Å². The monoisotopic (exact) mass is 266 g/mol. The van der Waals surface area contributed by atoms with Crippen LogP contribution in [0.1, 0.15) is 17.3 Å². The second-order valence-electron chi connectivity index (χ2n) is 3.93. The molecular formula is C13H18N2O4. The minimum Gasteiger partial charge on any atom is -0.496 e. The molecule has 1 rings (SSSR count). The second-order valence-corrected chi connectivity index (χ2v) is 3.93. The summed E-state index contributed by atoms with van der Waals surface area (Å²) >= 11 is 0. The van der Waals surface area contributed by atoms with Crippen molar-refractivity contribution in [2.45, 2.75) is 6.92 Å². The fraction of sp³-hybridized carbons (Fsp3) is 0.385. The van der Waals surface area contributed by atoms with Crippen molar-refractivity contribution in [2.75, 3.05) is 33.0 Å². The Morgan fingerprint density at radius 2 is 2.05 bits per heavy atom. The Kier molecular flexibility index (Phi) is 5.17. The summed E-state index contributed by atoms with van der Waals surface area (Å²) < 4.78 is 9.89. The van der Waals surface area contributed by atoms with Crippen LogP contribution in [0.4, 0.5) is 5.69 Å². The number of nitrogens with two attached hydrogens (primary N) is 1. The van der Waals surface area contributed by atoms with Crippen molar-refractivity contribution in [1.82, 2.24) is 4.90 Å². The largest absolute Gasteiger partial charge is 0.496 e. The molecule has 1 aromatic carbocycles. The van der Waals surface area contributed by atoms with Crippen LogP contribution in [0.2, 0.25) is 0 Å². The molecule has 19 heavy (non-hydrogen) atoms. The third-order valence-corrected chi connectivity index (χ3v) is 2.47. The lowest BCUT2D eigenvalue weighted by molar-refractivity contribution is -0.143. The van der Waals surface area contributed by atoms with E-state index in [1.54, 1.807) is 19.1 Å². The number of esters is 1. The predicted molar refractivity (Wildman–Crippen MR) is 71.0 cm³/mol. The molecule has 0 aromatic heterocycles. The van der Waals surface area contributed by atoms with E-state index in [0.717, 1.165) is 0 Å². The number of ether oxygens (including phenoxy) is 2. The molecule has 0 saturated carbocycles. The number of amides is 1. The third kappa shape index (κ3) is 3.87. The highest BCUT2D eigenvalue weighted by molar-refractivity contribution is 5.99. The van der Waals surface area contributed by atoms with Gasteiger partial charge in [0.1, 0.15) is 12.3 Å². The average Bonchev–Trinajstić information content (AvgIpc) is 2.37. The maximum atomic E-state index is 12.2. The molecule has 104 valence electrons. The first-order chi connectivity index (χ1) is 8.99. The lowest BCUT2D eigenvalue weighted by Gasteiger charge is -2.18. The number of benzene rings is 1. The summed E-state index contributed by atoms with van der Waals surface area (Å²) in [5, 5.41) is 0. The highest BCUT2D eigenvalue weighted by Gasteiger charge is 2.19. The molecule has 0 atom stereocenters. The van der Waals surface area contributed by atoms with Gasteiger partial charge in [0.25, 0.3) is 5.91 Å². The van der Waals surface area contributed by atoms with Gasteiger partial charge in [-0.25, -0.2) is 0 Å². The molecule has 1 aromatic rings. The Hall–Kier alpha value is -2.24. The van der Waals surface area contributed by atoms with Gasteiger partial charge in [-0.3, -0.25) is 9.59 Å². The van der Waals surface area contributed by atoms with E-state index in [1.807, 2.05) is 0 Å². The number of nitrogens with zero attached hydrogens (tertiary/aromatic N) is 1. The molecule has 2 N–H and O–H groups in total. The number of nitrogen functional groups attached to an aromatic ring is 1. The zero-order chi connectivity index (χ0) is 14.4. The van der Waals surface area contributed by atoms with Gasteiger partial charge in [-0.05, 0) is 25.1 Å². The molecule has 0 aliphatic carbocycles. The third-order valence-electron chi connectivity index (χ3n) is 2.47. The average molecular weight is 266 g/mol. The zero-order valence-electron chi connectivity index (χ0n) is 11.3. The van der Waals surface area contributed by atoms with Gasteiger partial charge in [-0.15, -0.1) is 0 Å². The Labute approximate surface area is 112 Å². The van der Waals surface area contributed by atoms with Gasteiger partial charge in [-0.2, -0.15) is 0 Å². The minimum atomic E-state index is -0.457. The van der Waals surface area contributed by atoms with Crippen molar-refractivity contribution in [2.24, 2.45) is 0 Å². The van der Waals surface area contributed by atoms with Gasteiger partial charge in [0.2, 0.25) is 0 Å². The molecule has 6 nitrogen and oxygen atoms in total. The number of carbonyl (C=O) groups is 2. The Morgan fingerprint density at radius 1 is 1.37 bits per heavy atom. The first-order valence-electron chi connectivity index (χ1n) is 5.84. The van der Waals surface area contributed by atoms with Gasteiger partial charge >= 0.3 is 5.97 Å². The normalized spacial score (nSPS) is 9.84. The maximum absolute atomic E-state index is 12.2. The van der Waals surface area contributed by atoms with Crippen LogP contribution in [0.15, 0.2) is 18.2 Å². The molecule has 0 unspecified atom stereocenters. The van der Waals surface area contributed by atoms with E-state index in [1.165, 1.54) is 25.1 Å². The number of carbonyl (C=O) groups excluding carboxylic acids is 2. The first kappa shape index (κ1) is 14.8. The number of anilines is 1. The molecule has 0 fully saturated rings. The van der Waals surface area contributed by atoms with Crippen LogP contribution in [-0.2, 0) is 9.53 Å². The second kappa shape index (κ2) is 6.63. The molecular weight excluding hydrogens is 248 g/mol. The summed E-state index contributed by atoms with van der Waals surface area (Å²) in [5.74, 6) is -0.395. The van der Waals surface area contributed by atoms with Crippen molar-refractivity contribution in [1.29, 1.82) is 0 Å². The van der Waals surface area contributed by atoms with E-state index in [-0.39, 0.29) is 19.1 Å². The van der Waals surface area contributed by atoms with Gasteiger partial charge < -0.3 is 20.1 Å². The van der Waals surface area contributed by atoms with Crippen molar-refractivity contribution < 1.29 is 19.1 Å². The van der Waals surface area contributed by atoms with Crippen LogP contribution >= 0.6 is 0 Å². The Balaban J connectivity index is 2.87. The van der Waals surface area contributed by atoms with Crippen molar-refractivity contribution >= 4 is 17.6 Å². The lowest BCUT2D eigenvalue weighted by atomic mass is 10.1. The lowest BCUT2D eigenvalue weighted by Crippen LogP contribution is -2.33. The SMILES string of the molecule is CCOC(=O)CN(C)C(=O)c1cc(N)ccc1OC. The summed E-state index contributed by atoms with van der Waals surface area (Å²) in [6.45, 7) is 1.87. The van der Waals surface area contributed by atoms with Gasteiger partial charge in [0.05, 0.1) is 19.3 Å². The van der Waals surface area contributed by atoms with Crippen LogP contribution in [0, 0.1) is 0 Å². The van der Waals surface area contributed by atoms with Crippen LogP contribution in [-0.4, -0.2) is 44.1 Å². The van der Waals surface area contributed by atoms with E-state index in [4.69, 9.17) is 15.2 Å². The van der Waals surface area contributed by atoms with Crippen molar-refractivity contribution in [3.63, 3.8) is 0 Å². The Morgan fingerprint density at radius 3 is 2.63 bits per heavy atom. The molecule has 0 radical (unpaired) electrons. The Bertz CT molecular complexity index is 474. The highest BCUT2D eigenvalue weighted by Crippen LogP contribution is 2.22. The summed E-state index contributed by atoms with van der Waals surface area (Å²) in [6, 6.07) is 4.77. The molecule has 0 heterocycles. The molecule has 0 saturated heterocycles. The van der Waals surface area contributed by atoms with E-state index in [0.29, 0.717) is 17.0 Å². The standard InChI is InChI=1S/C13H18N2O4/c1-4-19-12(16)8-15(2)13(17)10-7-9(14)5-6-11(10)18-3/h5-7H,4,8,14H2,1-3H3. The summed E-state index contributed by atoms with van der Waals surface area (Å²) in [6.07, 6.45) is 0. The molecule has 1 amide bonds. The van der Waals surface area contributed by atoms with E-state index >= 15 is 0 Å². The van der Waals surface area contributed by atoms with E-state index in [9.17, 15) is 9.59 Å². The fourth-order valence-electron chi connectivity index (χ4n) is 1.57. The number of likely N-dealkylation sites (N-methyl/N-ethyl adjacent to an activating group) is 1. The van der Waals surface area contributed by atoms with Gasteiger partial charge in [-0.1, -0.05) is 0 Å². The number of rotatable bonds is 5. The van der Waals surface area contributed by atoms with Crippen LogP contribution in [0.25, 0.3) is 0 Å². The fourth-order valence-corrected chi connectivity index (χ4v) is 1.57. The summed E-state index contributed by atoms with van der Waals surface area (Å²) in [4.78, 5) is 24.8. The molecule has 0 bridgehead atoms. The van der Waals surface area contributed by atoms with E-state index in [2.05, 4.69) is 0 Å². The van der Waals surface area contributed by atoms with Crippen molar-refractivity contribution in [3.05, 3.63) is 23.8 Å². The van der Waals surface area contributed by atoms with Crippen molar-refractivity contribution in [3.8, 4) is 5.75 Å². The molecule has 0 spiro atoms. The maximum Gasteiger partial charge on any atom is 0.325 e. The zero-order valence-corrected chi connectivity index (χ0v) is 11.3. The topological polar surface area (TPSA) is 81.9 Å². The van der Waals surface area contributed by atoms with Crippen LogP contribution in [0.5, 0.6) is 5.75 Å². The van der Waals surface area contributed by atoms with Crippen LogP contribution in [0.3, 0.4) is 0 Å². The highest BCUT2D eigenvalue weighted by atomic mass is 16.5. The number of hydrogen-bond donors (Lipinski definition) is 1. The molecule has 0 aliphatic rings. The smallest absolute Gasteiger partial charge is 0.325 e. The quantitative estimate of drug-likeness (QED) is 0.633. The molecule has 6 heteroatoms. The number of hydrogen-bond acceptors (Lipinski definition) is 5. The molecule has 0 aliphatic heterocycles. The predicted octanol–water partition coefficient (Wildman–Crippen LogP) is 0.912. The summed E-state index contributed by atoms with van der Waals surface area (Å²) in [5.41, 5.74) is 6.42. The minimum absolute atomic E-state index is 0.120. The number of methoxy groups -OCH3 is 1. The van der Waals surface area contributed by atoms with E-state index < -0.39 is 5.97 Å². The summed E-state index contributed by atoms with van der Waals surface area (Å²) in [7, 11) is 2.98. The first-order valence-corrected chi connectivity index (χ1v) is 5.84.